The number of carbonyl (C=O) groups excluding carboxylic acids is 2. The number of hydrogen-bond acceptors (Lipinski definition) is 11. The molecule has 0 radical (unpaired) electrons. The van der Waals surface area contributed by atoms with Gasteiger partial charge in [0.2, 0.25) is 18.0 Å². The summed E-state index contributed by atoms with van der Waals surface area (Å²) in [4.78, 5) is 41.3. The summed E-state index contributed by atoms with van der Waals surface area (Å²) in [5.74, 6) is -1.60. The third kappa shape index (κ3) is 4.09. The number of aliphatic hydroxyl groups is 3. The maximum atomic E-state index is 12.5. The van der Waals surface area contributed by atoms with Crippen LogP contribution >= 0.6 is 0 Å². The Kier molecular flexibility index (Phi) is 6.11. The molecule has 3 heterocycles. The lowest BCUT2D eigenvalue weighted by Gasteiger charge is -2.22. The molecule has 0 aromatic carbocycles. The molecule has 4 rings (SSSR count). The van der Waals surface area contributed by atoms with Gasteiger partial charge in [0, 0.05) is 5.92 Å². The smallest absolute Gasteiger partial charge is 0.246 e. The number of rotatable bonds is 6. The number of hydroxylamine groups is 1. The fourth-order valence-electron chi connectivity index (χ4n) is 3.94. The topological polar surface area (TPSA) is 195 Å². The van der Waals surface area contributed by atoms with E-state index in [1.54, 1.807) is 0 Å². The first-order valence-electron chi connectivity index (χ1n) is 10.0. The molecule has 31 heavy (non-hydrogen) atoms. The maximum absolute atomic E-state index is 12.5. The van der Waals surface area contributed by atoms with E-state index in [1.165, 1.54) is 17.2 Å². The molecule has 0 spiro atoms. The molecule has 2 aromatic rings. The monoisotopic (exact) mass is 436 g/mol. The van der Waals surface area contributed by atoms with Crippen LogP contribution in [-0.2, 0) is 19.2 Å². The van der Waals surface area contributed by atoms with E-state index in [-0.39, 0.29) is 22.9 Å². The lowest BCUT2D eigenvalue weighted by molar-refractivity contribution is -0.189. The van der Waals surface area contributed by atoms with Gasteiger partial charge in [-0.25, -0.2) is 25.3 Å². The lowest BCUT2D eigenvalue weighted by Crippen LogP contribution is -2.45. The van der Waals surface area contributed by atoms with E-state index < -0.39 is 42.5 Å². The first-order chi connectivity index (χ1) is 14.9. The number of nitrogens with two attached hydrogens (primary N) is 1. The summed E-state index contributed by atoms with van der Waals surface area (Å²) >= 11 is 0. The number of ether oxygens (including phenoxy) is 1. The second-order valence-electron chi connectivity index (χ2n) is 7.69. The predicted octanol–water partition coefficient (Wildman–Crippen LogP) is -1.46. The number of imidazole rings is 1. The van der Waals surface area contributed by atoms with Crippen molar-refractivity contribution >= 4 is 28.7 Å². The van der Waals surface area contributed by atoms with Crippen molar-refractivity contribution in [1.29, 1.82) is 0 Å². The Balaban J connectivity index is 1.41. The van der Waals surface area contributed by atoms with Gasteiger partial charge in [0.1, 0.15) is 24.1 Å². The van der Waals surface area contributed by atoms with Gasteiger partial charge < -0.3 is 25.8 Å². The number of ketones is 1. The van der Waals surface area contributed by atoms with Crippen LogP contribution < -0.4 is 11.2 Å². The molecule has 0 bridgehead atoms. The van der Waals surface area contributed by atoms with E-state index >= 15 is 0 Å². The third-order valence-corrected chi connectivity index (χ3v) is 5.67. The number of amides is 1. The Morgan fingerprint density at radius 1 is 1.19 bits per heavy atom. The van der Waals surface area contributed by atoms with E-state index in [0.29, 0.717) is 12.8 Å². The van der Waals surface area contributed by atoms with Crippen LogP contribution in [0.25, 0.3) is 11.2 Å². The molecule has 2 aliphatic rings. The number of aliphatic hydroxyl groups excluding tert-OH is 3. The second kappa shape index (κ2) is 8.80. The molecule has 13 heteroatoms. The van der Waals surface area contributed by atoms with Crippen LogP contribution in [-0.4, -0.2) is 71.1 Å². The summed E-state index contributed by atoms with van der Waals surface area (Å²) in [6, 6.07) is 0. The van der Waals surface area contributed by atoms with Crippen molar-refractivity contribution in [2.75, 3.05) is 5.73 Å². The molecule has 3 unspecified atom stereocenters. The molecule has 1 amide bonds. The van der Waals surface area contributed by atoms with Gasteiger partial charge in [-0.1, -0.05) is 19.3 Å². The van der Waals surface area contributed by atoms with E-state index in [9.17, 15) is 24.9 Å². The van der Waals surface area contributed by atoms with Crippen molar-refractivity contribution in [3.8, 4) is 0 Å². The van der Waals surface area contributed by atoms with E-state index in [1.807, 2.05) is 0 Å². The quantitative estimate of drug-likeness (QED) is 0.262. The first kappa shape index (κ1) is 21.5. The van der Waals surface area contributed by atoms with Crippen LogP contribution in [0, 0.1) is 5.92 Å². The zero-order chi connectivity index (χ0) is 22.1. The van der Waals surface area contributed by atoms with E-state index in [2.05, 4.69) is 20.4 Å². The minimum Gasteiger partial charge on any atom is -0.387 e. The SMILES string of the molecule is Nc1ncnc2c1ncn2[C@@H]1O[C@H](C(=O)C(O)ONC(=O)C2CCCCC2)C(O)C1O. The molecular weight excluding hydrogens is 412 g/mol. The van der Waals surface area contributed by atoms with Crippen LogP contribution in [0.5, 0.6) is 0 Å². The van der Waals surface area contributed by atoms with E-state index in [4.69, 9.17) is 15.3 Å². The summed E-state index contributed by atoms with van der Waals surface area (Å²) in [5.41, 5.74) is 8.33. The molecule has 1 saturated carbocycles. The molecule has 168 valence electrons. The first-order valence-corrected chi connectivity index (χ1v) is 10.0. The highest BCUT2D eigenvalue weighted by atomic mass is 16.7. The lowest BCUT2D eigenvalue weighted by atomic mass is 9.89. The fraction of sp³-hybridized carbons (Fsp3) is 0.611. The largest absolute Gasteiger partial charge is 0.387 e. The number of nitrogen functional groups attached to an aromatic ring is 1. The maximum Gasteiger partial charge on any atom is 0.246 e. The predicted molar refractivity (Wildman–Crippen MR) is 102 cm³/mol. The number of nitrogens with zero attached hydrogens (tertiary/aromatic N) is 4. The summed E-state index contributed by atoms with van der Waals surface area (Å²) in [6.45, 7) is 0. The van der Waals surface area contributed by atoms with Crippen molar-refractivity contribution in [1.82, 2.24) is 25.0 Å². The summed E-state index contributed by atoms with van der Waals surface area (Å²) < 4.78 is 6.80. The Bertz CT molecular complexity index is 962. The number of carbonyl (C=O) groups is 2. The molecule has 5 atom stereocenters. The second-order valence-corrected chi connectivity index (χ2v) is 7.69. The van der Waals surface area contributed by atoms with Crippen LogP contribution in [0.1, 0.15) is 38.3 Å². The minimum absolute atomic E-state index is 0.113. The highest BCUT2D eigenvalue weighted by molar-refractivity contribution is 5.87. The third-order valence-electron chi connectivity index (χ3n) is 5.67. The van der Waals surface area contributed by atoms with Gasteiger partial charge in [-0.05, 0) is 12.8 Å². The normalized spacial score (nSPS) is 28.0. The van der Waals surface area contributed by atoms with Crippen molar-refractivity contribution in [3.63, 3.8) is 0 Å². The Hall–Kier alpha value is -2.71. The number of aromatic nitrogens is 4. The van der Waals surface area contributed by atoms with Crippen molar-refractivity contribution < 1.29 is 34.5 Å². The summed E-state index contributed by atoms with van der Waals surface area (Å²) in [6.07, 6.45) is -1.30. The van der Waals surface area contributed by atoms with Gasteiger partial charge in [0.05, 0.1) is 6.33 Å². The Labute approximate surface area is 176 Å². The summed E-state index contributed by atoms with van der Waals surface area (Å²) in [7, 11) is 0. The van der Waals surface area contributed by atoms with Gasteiger partial charge in [-0.15, -0.1) is 0 Å². The highest BCUT2D eigenvalue weighted by Crippen LogP contribution is 2.33. The number of Topliss-reactive ketones (excluding diaryl/α,β-unsaturated/α-hetero) is 1. The average molecular weight is 436 g/mol. The van der Waals surface area contributed by atoms with Gasteiger partial charge >= 0.3 is 0 Å². The van der Waals surface area contributed by atoms with Crippen LogP contribution in [0.15, 0.2) is 12.7 Å². The Morgan fingerprint density at radius 3 is 2.68 bits per heavy atom. The zero-order valence-electron chi connectivity index (χ0n) is 16.5. The molecule has 1 aliphatic carbocycles. The fourth-order valence-corrected chi connectivity index (χ4v) is 3.94. The van der Waals surface area contributed by atoms with Crippen molar-refractivity contribution in [2.24, 2.45) is 5.92 Å². The molecule has 2 fully saturated rings. The zero-order valence-corrected chi connectivity index (χ0v) is 16.5. The standard InChI is InChI=1S/C18H24N6O7/c19-14-9-15(21-6-20-14)24(7-22-9)17-11(26)10(25)13(30-17)12(27)18(29)31-23-16(28)8-4-2-1-3-5-8/h6-8,10-11,13,17-18,25-26,29H,1-5H2,(H,23,28)(H2,19,20,21)/t10?,11?,13-,17+,18?/m0/s1. The summed E-state index contributed by atoms with van der Waals surface area (Å²) in [5, 5.41) is 30.8. The minimum atomic E-state index is -2.09. The Morgan fingerprint density at radius 2 is 1.94 bits per heavy atom. The van der Waals surface area contributed by atoms with Crippen molar-refractivity contribution in [2.45, 2.75) is 62.9 Å². The van der Waals surface area contributed by atoms with Crippen LogP contribution in [0.4, 0.5) is 5.82 Å². The van der Waals surface area contributed by atoms with Crippen LogP contribution in [0.3, 0.4) is 0 Å². The van der Waals surface area contributed by atoms with E-state index in [0.717, 1.165) is 19.3 Å². The number of nitrogens with one attached hydrogen (secondary N) is 1. The molecule has 6 N–H and O–H groups in total. The number of anilines is 1. The molecule has 1 aliphatic heterocycles. The molecule has 2 aromatic heterocycles. The number of fused-ring (bicyclic) bond motifs is 1. The van der Waals surface area contributed by atoms with Gasteiger partial charge in [0.25, 0.3) is 0 Å². The van der Waals surface area contributed by atoms with Gasteiger partial charge in [-0.3, -0.25) is 14.2 Å². The average Bonchev–Trinajstić information content (AvgIpc) is 3.34. The molecular formula is C18H24N6O7. The van der Waals surface area contributed by atoms with Crippen LogP contribution in [0.2, 0.25) is 0 Å². The highest BCUT2D eigenvalue weighted by Gasteiger charge is 2.49. The van der Waals surface area contributed by atoms with Crippen molar-refractivity contribution in [3.05, 3.63) is 12.7 Å². The number of hydrogen-bond donors (Lipinski definition) is 5. The van der Waals surface area contributed by atoms with Gasteiger partial charge in [-0.2, -0.15) is 0 Å². The molecule has 13 nitrogen and oxygen atoms in total. The van der Waals surface area contributed by atoms with Gasteiger partial charge in [0.15, 0.2) is 23.8 Å². The molecule has 1 saturated heterocycles.